The zero-order chi connectivity index (χ0) is 18.4. The molecule has 0 fully saturated rings. The van der Waals surface area contributed by atoms with Gasteiger partial charge in [-0.3, -0.25) is 4.79 Å². The van der Waals surface area contributed by atoms with Gasteiger partial charge in [0.25, 0.3) is 5.56 Å². The fourth-order valence-corrected chi connectivity index (χ4v) is 4.04. The van der Waals surface area contributed by atoms with Crippen LogP contribution in [-0.4, -0.2) is 16.3 Å². The first-order valence-electron chi connectivity index (χ1n) is 9.01. The van der Waals surface area contributed by atoms with E-state index in [0.717, 1.165) is 52.8 Å². The van der Waals surface area contributed by atoms with E-state index in [0.29, 0.717) is 11.1 Å². The van der Waals surface area contributed by atoms with E-state index in [-0.39, 0.29) is 12.2 Å². The number of nitrogens with zero attached hydrogens (tertiary/aromatic N) is 1. The number of rotatable bonds is 2. The molecule has 0 saturated heterocycles. The second-order valence-electron chi connectivity index (χ2n) is 7.06. The van der Waals surface area contributed by atoms with Gasteiger partial charge in [-0.25, -0.2) is 0 Å². The molecule has 1 aromatic heterocycles. The van der Waals surface area contributed by atoms with Gasteiger partial charge in [-0.2, -0.15) is 0 Å². The summed E-state index contributed by atoms with van der Waals surface area (Å²) in [5.41, 5.74) is 6.01. The van der Waals surface area contributed by atoms with Crippen molar-refractivity contribution in [1.29, 1.82) is 0 Å². The summed E-state index contributed by atoms with van der Waals surface area (Å²) in [7, 11) is 1.73. The Kier molecular flexibility index (Phi) is 4.08. The van der Waals surface area contributed by atoms with Crippen LogP contribution in [0.2, 0.25) is 0 Å². The summed E-state index contributed by atoms with van der Waals surface area (Å²) in [4.78, 5) is 12.8. The highest BCUT2D eigenvalue weighted by Gasteiger charge is 2.21. The van der Waals surface area contributed by atoms with Crippen LogP contribution < -0.4 is 10.3 Å². The molecule has 134 valence electrons. The number of benzene rings is 2. The fraction of sp³-hybridized carbons (Fsp3) is 0.318. The molecule has 4 heteroatoms. The highest BCUT2D eigenvalue weighted by atomic mass is 16.5. The van der Waals surface area contributed by atoms with Crippen molar-refractivity contribution in [3.8, 4) is 16.9 Å². The summed E-state index contributed by atoms with van der Waals surface area (Å²) in [5.74, 6) is 0.952. The van der Waals surface area contributed by atoms with Gasteiger partial charge in [0.15, 0.2) is 0 Å². The van der Waals surface area contributed by atoms with Crippen molar-refractivity contribution < 1.29 is 9.84 Å². The Morgan fingerprint density at radius 3 is 2.73 bits per heavy atom. The molecular weight excluding hydrogens is 326 g/mol. The lowest BCUT2D eigenvalue weighted by molar-refractivity contribution is 0.272. The van der Waals surface area contributed by atoms with Crippen molar-refractivity contribution in [2.45, 2.75) is 33.3 Å². The summed E-state index contributed by atoms with van der Waals surface area (Å²) in [6.45, 7) is 4.67. The number of ether oxygens (including phenoxy) is 1. The molecule has 1 N–H and O–H groups in total. The summed E-state index contributed by atoms with van der Waals surface area (Å²) < 4.78 is 7.37. The number of hydrogen-bond donors (Lipinski definition) is 1. The van der Waals surface area contributed by atoms with Gasteiger partial charge in [-0.15, -0.1) is 0 Å². The second kappa shape index (κ2) is 6.29. The van der Waals surface area contributed by atoms with Crippen LogP contribution in [0.3, 0.4) is 0 Å². The van der Waals surface area contributed by atoms with Crippen LogP contribution in [0, 0.1) is 13.8 Å². The van der Waals surface area contributed by atoms with E-state index in [1.807, 2.05) is 31.2 Å². The minimum Gasteiger partial charge on any atom is -0.493 e. The van der Waals surface area contributed by atoms with Gasteiger partial charge < -0.3 is 14.4 Å². The minimum absolute atomic E-state index is 0.0737. The monoisotopic (exact) mass is 349 g/mol. The number of hydrogen-bond acceptors (Lipinski definition) is 3. The number of fused-ring (bicyclic) bond motifs is 2. The average Bonchev–Trinajstić information content (AvgIpc) is 2.66. The van der Waals surface area contributed by atoms with Crippen molar-refractivity contribution in [3.05, 3.63) is 63.1 Å². The molecule has 4 rings (SSSR count). The van der Waals surface area contributed by atoms with Crippen LogP contribution >= 0.6 is 0 Å². The Morgan fingerprint density at radius 2 is 1.96 bits per heavy atom. The van der Waals surface area contributed by atoms with Gasteiger partial charge in [0, 0.05) is 18.0 Å². The van der Waals surface area contributed by atoms with Gasteiger partial charge in [0.05, 0.1) is 18.9 Å². The normalized spacial score (nSPS) is 13.5. The van der Waals surface area contributed by atoms with Gasteiger partial charge in [0.1, 0.15) is 5.75 Å². The van der Waals surface area contributed by atoms with E-state index >= 15 is 0 Å². The SMILES string of the molecule is Cc1ccc2c(-c3ccc4c(c3C)CCCO4)c(CO)n(C)c(=O)c2c1. The van der Waals surface area contributed by atoms with Gasteiger partial charge >= 0.3 is 0 Å². The summed E-state index contributed by atoms with van der Waals surface area (Å²) >= 11 is 0. The maximum absolute atomic E-state index is 12.8. The van der Waals surface area contributed by atoms with Crippen molar-refractivity contribution in [3.63, 3.8) is 0 Å². The maximum atomic E-state index is 12.8. The number of aliphatic hydroxyl groups is 1. The van der Waals surface area contributed by atoms with Crippen molar-refractivity contribution in [2.24, 2.45) is 7.05 Å². The van der Waals surface area contributed by atoms with E-state index in [1.54, 1.807) is 11.6 Å². The lowest BCUT2D eigenvalue weighted by atomic mass is 9.89. The predicted octanol–water partition coefficient (Wildman–Crippen LogP) is 3.64. The third-order valence-corrected chi connectivity index (χ3v) is 5.48. The minimum atomic E-state index is -0.183. The van der Waals surface area contributed by atoms with Crippen LogP contribution in [-0.2, 0) is 20.1 Å². The number of aromatic nitrogens is 1. The second-order valence-corrected chi connectivity index (χ2v) is 7.06. The Hall–Kier alpha value is -2.59. The number of pyridine rings is 1. The molecule has 26 heavy (non-hydrogen) atoms. The van der Waals surface area contributed by atoms with E-state index < -0.39 is 0 Å². The average molecular weight is 349 g/mol. The lowest BCUT2D eigenvalue weighted by Gasteiger charge is -2.23. The summed E-state index contributed by atoms with van der Waals surface area (Å²) in [6, 6.07) is 10.0. The highest BCUT2D eigenvalue weighted by molar-refractivity contribution is 5.98. The molecule has 3 aromatic rings. The smallest absolute Gasteiger partial charge is 0.258 e. The highest BCUT2D eigenvalue weighted by Crippen LogP contribution is 2.38. The first-order valence-corrected chi connectivity index (χ1v) is 9.01. The zero-order valence-electron chi connectivity index (χ0n) is 15.4. The first-order chi connectivity index (χ1) is 12.5. The van der Waals surface area contributed by atoms with Crippen LogP contribution in [0.15, 0.2) is 35.1 Å². The largest absolute Gasteiger partial charge is 0.493 e. The molecule has 0 saturated carbocycles. The third-order valence-electron chi connectivity index (χ3n) is 5.48. The summed E-state index contributed by atoms with van der Waals surface area (Å²) in [6.07, 6.45) is 2.00. The first kappa shape index (κ1) is 16.9. The van der Waals surface area contributed by atoms with Gasteiger partial charge in [0.2, 0.25) is 0 Å². The van der Waals surface area contributed by atoms with Gasteiger partial charge in [-0.05, 0) is 60.9 Å². The zero-order valence-corrected chi connectivity index (χ0v) is 15.4. The molecule has 0 atom stereocenters. The van der Waals surface area contributed by atoms with Crippen LogP contribution in [0.5, 0.6) is 5.75 Å². The topological polar surface area (TPSA) is 51.5 Å². The number of aryl methyl sites for hydroxylation is 1. The molecule has 0 aliphatic carbocycles. The molecule has 1 aliphatic rings. The molecule has 0 unspecified atom stereocenters. The lowest BCUT2D eigenvalue weighted by Crippen LogP contribution is -2.22. The molecular formula is C22H23NO3. The molecule has 2 aromatic carbocycles. The van der Waals surface area contributed by atoms with E-state index in [1.165, 1.54) is 5.56 Å². The Balaban J connectivity index is 2.12. The Morgan fingerprint density at radius 1 is 1.15 bits per heavy atom. The maximum Gasteiger partial charge on any atom is 0.258 e. The standard InChI is InChI=1S/C22H23NO3/c1-13-6-7-17-18(11-13)22(25)23(3)19(12-24)21(17)16-8-9-20-15(14(16)2)5-4-10-26-20/h6-9,11,24H,4-5,10,12H2,1-3H3. The van der Waals surface area contributed by atoms with Crippen molar-refractivity contribution in [1.82, 2.24) is 4.57 Å². The predicted molar refractivity (Wildman–Crippen MR) is 104 cm³/mol. The fourth-order valence-electron chi connectivity index (χ4n) is 4.04. The van der Waals surface area contributed by atoms with E-state index in [9.17, 15) is 9.90 Å². The molecule has 0 spiro atoms. The molecule has 0 amide bonds. The molecule has 2 heterocycles. The Labute approximate surface area is 152 Å². The summed E-state index contributed by atoms with van der Waals surface area (Å²) in [5, 5.41) is 11.6. The molecule has 0 bridgehead atoms. The van der Waals surface area contributed by atoms with Crippen molar-refractivity contribution in [2.75, 3.05) is 6.61 Å². The Bertz CT molecular complexity index is 1080. The third kappa shape index (κ3) is 2.44. The van der Waals surface area contributed by atoms with Crippen LogP contribution in [0.25, 0.3) is 21.9 Å². The van der Waals surface area contributed by atoms with E-state index in [4.69, 9.17) is 4.74 Å². The van der Waals surface area contributed by atoms with E-state index in [2.05, 4.69) is 13.0 Å². The van der Waals surface area contributed by atoms with Crippen LogP contribution in [0.4, 0.5) is 0 Å². The quantitative estimate of drug-likeness (QED) is 0.768. The van der Waals surface area contributed by atoms with Crippen molar-refractivity contribution >= 4 is 10.8 Å². The van der Waals surface area contributed by atoms with Gasteiger partial charge in [-0.1, -0.05) is 23.8 Å². The number of aliphatic hydroxyl groups excluding tert-OH is 1. The molecule has 0 radical (unpaired) electrons. The molecule has 1 aliphatic heterocycles. The van der Waals surface area contributed by atoms with Crippen LogP contribution in [0.1, 0.15) is 28.8 Å². The molecule has 4 nitrogen and oxygen atoms in total.